The van der Waals surface area contributed by atoms with Crippen molar-refractivity contribution in [3.8, 4) is 5.75 Å². The van der Waals surface area contributed by atoms with Crippen LogP contribution in [0, 0.1) is 0 Å². The van der Waals surface area contributed by atoms with Gasteiger partial charge >= 0.3 is 0 Å². The van der Waals surface area contributed by atoms with Crippen LogP contribution < -0.4 is 0 Å². The summed E-state index contributed by atoms with van der Waals surface area (Å²) < 4.78 is 0. The summed E-state index contributed by atoms with van der Waals surface area (Å²) in [4.78, 5) is 8.36. The smallest absolute Gasteiger partial charge is 0.290 e. The minimum atomic E-state index is -0.250. The molecule has 0 spiro atoms. The van der Waals surface area contributed by atoms with Crippen molar-refractivity contribution in [1.29, 1.82) is 0 Å². The van der Waals surface area contributed by atoms with Gasteiger partial charge in [-0.3, -0.25) is 4.79 Å². The zero-order valence-electron chi connectivity index (χ0n) is 6.27. The topological polar surface area (TPSA) is 57.5 Å². The fourth-order valence-electron chi connectivity index (χ4n) is 0.428. The van der Waals surface area contributed by atoms with E-state index in [1.54, 1.807) is 24.3 Å². The molecule has 0 heterocycles. The summed E-state index contributed by atoms with van der Waals surface area (Å²) in [7, 11) is 0. The van der Waals surface area contributed by atoms with Gasteiger partial charge in [0, 0.05) is 52.4 Å². The molecule has 0 aliphatic heterocycles. The zero-order valence-corrected chi connectivity index (χ0v) is 11.2. The van der Waals surface area contributed by atoms with Gasteiger partial charge in [0.25, 0.3) is 6.47 Å². The van der Waals surface area contributed by atoms with Crippen LogP contribution in [0.5, 0.6) is 5.75 Å². The summed E-state index contributed by atoms with van der Waals surface area (Å²) >= 11 is 0. The first kappa shape index (κ1) is 18.1. The first-order valence-corrected chi connectivity index (χ1v) is 2.63. The van der Waals surface area contributed by atoms with Crippen LogP contribution in [0.1, 0.15) is 0 Å². The van der Waals surface area contributed by atoms with Crippen molar-refractivity contribution in [3.63, 3.8) is 0 Å². The molecular formula is C7H8O3Zr2. The maximum atomic E-state index is 8.63. The van der Waals surface area contributed by atoms with Crippen molar-refractivity contribution < 1.29 is 67.4 Å². The number of para-hydroxylation sites is 1. The van der Waals surface area contributed by atoms with E-state index in [1.807, 2.05) is 6.07 Å². The molecule has 1 aromatic carbocycles. The Labute approximate surface area is 109 Å². The minimum Gasteiger partial charge on any atom is -0.508 e. The summed E-state index contributed by atoms with van der Waals surface area (Å²) in [5.41, 5.74) is 0. The maximum Gasteiger partial charge on any atom is 0.290 e. The molecule has 12 heavy (non-hydrogen) atoms. The van der Waals surface area contributed by atoms with Gasteiger partial charge in [-0.1, -0.05) is 18.2 Å². The summed E-state index contributed by atoms with van der Waals surface area (Å²) in [5.74, 6) is 0.322. The summed E-state index contributed by atoms with van der Waals surface area (Å²) in [6.07, 6.45) is 0. The third-order valence-electron chi connectivity index (χ3n) is 0.756. The van der Waals surface area contributed by atoms with E-state index < -0.39 is 0 Å². The number of aromatic hydroxyl groups is 1. The second kappa shape index (κ2) is 13.8. The molecule has 0 unspecified atom stereocenters. The van der Waals surface area contributed by atoms with Gasteiger partial charge < -0.3 is 10.2 Å². The normalized spacial score (nSPS) is 6.00. The molecule has 0 saturated heterocycles. The van der Waals surface area contributed by atoms with E-state index in [2.05, 4.69) is 0 Å². The minimum absolute atomic E-state index is 0. The van der Waals surface area contributed by atoms with Crippen LogP contribution in [0.4, 0.5) is 0 Å². The number of hydrogen-bond acceptors (Lipinski definition) is 2. The van der Waals surface area contributed by atoms with Gasteiger partial charge in [0.05, 0.1) is 0 Å². The Morgan fingerprint density at radius 2 is 1.42 bits per heavy atom. The molecule has 62 valence electrons. The molecule has 0 aliphatic carbocycles. The number of carboxylic acid groups (broad SMARTS) is 1. The molecule has 5 heteroatoms. The largest absolute Gasteiger partial charge is 0.508 e. The van der Waals surface area contributed by atoms with Gasteiger partial charge in [-0.2, -0.15) is 0 Å². The second-order valence-electron chi connectivity index (χ2n) is 1.44. The molecule has 1 aromatic rings. The summed E-state index contributed by atoms with van der Waals surface area (Å²) in [6.45, 7) is -0.250. The van der Waals surface area contributed by atoms with E-state index in [0.717, 1.165) is 0 Å². The average Bonchev–Trinajstić information content (AvgIpc) is 1.91. The molecule has 0 bridgehead atoms. The van der Waals surface area contributed by atoms with Crippen molar-refractivity contribution in [2.24, 2.45) is 0 Å². The van der Waals surface area contributed by atoms with Crippen molar-refractivity contribution in [3.05, 3.63) is 30.3 Å². The monoisotopic (exact) mass is 320 g/mol. The standard InChI is InChI=1S/C6H6O.CH2O2.2Zr/c7-6-4-2-1-3-5-6;2-1-3;;/h1-5,7H;1H,(H,2,3);;. The van der Waals surface area contributed by atoms with E-state index in [1.165, 1.54) is 0 Å². The molecular weight excluding hydrogens is 315 g/mol. The van der Waals surface area contributed by atoms with Gasteiger partial charge in [0.1, 0.15) is 5.75 Å². The van der Waals surface area contributed by atoms with Crippen LogP contribution >= 0.6 is 0 Å². The SMILES string of the molecule is O=CO.Oc1ccccc1.[Zr].[Zr]. The Balaban J connectivity index is -0.000000146. The molecule has 0 amide bonds. The Bertz CT molecular complexity index is 179. The van der Waals surface area contributed by atoms with Crippen LogP contribution in [-0.4, -0.2) is 16.7 Å². The van der Waals surface area contributed by atoms with Crippen LogP contribution in [-0.2, 0) is 57.2 Å². The van der Waals surface area contributed by atoms with Crippen molar-refractivity contribution in [2.45, 2.75) is 0 Å². The average molecular weight is 323 g/mol. The number of rotatable bonds is 0. The van der Waals surface area contributed by atoms with Crippen LogP contribution in [0.25, 0.3) is 0 Å². The Morgan fingerprint density at radius 1 is 1.08 bits per heavy atom. The summed E-state index contributed by atoms with van der Waals surface area (Å²) in [6, 6.07) is 8.71. The fraction of sp³-hybridized carbons (Fsp3) is 0. The molecule has 0 aromatic heterocycles. The summed E-state index contributed by atoms with van der Waals surface area (Å²) in [5, 5.41) is 15.5. The van der Waals surface area contributed by atoms with Crippen LogP contribution in [0.3, 0.4) is 0 Å². The third-order valence-corrected chi connectivity index (χ3v) is 0.756. The van der Waals surface area contributed by atoms with Crippen molar-refractivity contribution in [2.75, 3.05) is 0 Å². The number of phenols is 1. The number of carbonyl (C=O) groups is 1. The van der Waals surface area contributed by atoms with Gasteiger partial charge in [-0.15, -0.1) is 0 Å². The number of hydrogen-bond donors (Lipinski definition) is 2. The predicted molar refractivity (Wildman–Crippen MR) is 36.8 cm³/mol. The molecule has 0 radical (unpaired) electrons. The first-order valence-electron chi connectivity index (χ1n) is 2.63. The van der Waals surface area contributed by atoms with Crippen molar-refractivity contribution in [1.82, 2.24) is 0 Å². The van der Waals surface area contributed by atoms with E-state index >= 15 is 0 Å². The molecule has 0 atom stereocenters. The van der Waals surface area contributed by atoms with E-state index in [9.17, 15) is 0 Å². The first-order chi connectivity index (χ1) is 4.81. The van der Waals surface area contributed by atoms with E-state index in [-0.39, 0.29) is 58.9 Å². The maximum absolute atomic E-state index is 8.63. The quantitative estimate of drug-likeness (QED) is 0.703. The Morgan fingerprint density at radius 3 is 1.58 bits per heavy atom. The van der Waals surface area contributed by atoms with Gasteiger partial charge in [0.15, 0.2) is 0 Å². The van der Waals surface area contributed by atoms with Crippen molar-refractivity contribution >= 4 is 6.47 Å². The van der Waals surface area contributed by atoms with Crippen LogP contribution in [0.15, 0.2) is 30.3 Å². The van der Waals surface area contributed by atoms with Gasteiger partial charge in [-0.25, -0.2) is 0 Å². The zero-order chi connectivity index (χ0) is 7.82. The molecule has 3 nitrogen and oxygen atoms in total. The van der Waals surface area contributed by atoms with E-state index in [4.69, 9.17) is 15.0 Å². The van der Waals surface area contributed by atoms with Crippen LogP contribution in [0.2, 0.25) is 0 Å². The predicted octanol–water partition coefficient (Wildman–Crippen LogP) is 1.09. The second-order valence-corrected chi connectivity index (χ2v) is 1.44. The molecule has 0 fully saturated rings. The Hall–Kier alpha value is 0.256. The fourth-order valence-corrected chi connectivity index (χ4v) is 0.428. The molecule has 1 rings (SSSR count). The molecule has 0 saturated carbocycles. The molecule has 2 N–H and O–H groups in total. The Kier molecular flexibility index (Phi) is 20.9. The third kappa shape index (κ3) is 12.9. The van der Waals surface area contributed by atoms with E-state index in [0.29, 0.717) is 5.75 Å². The van der Waals surface area contributed by atoms with Gasteiger partial charge in [-0.05, 0) is 12.1 Å². The van der Waals surface area contributed by atoms with Gasteiger partial charge in [0.2, 0.25) is 0 Å². The number of benzene rings is 1. The molecule has 0 aliphatic rings. The number of phenolic OH excluding ortho intramolecular Hbond substituents is 1.